The predicted molar refractivity (Wildman–Crippen MR) is 291 cm³/mol. The maximum Gasteiger partial charge on any atom is 0.252 e. The van der Waals surface area contributed by atoms with Crippen LogP contribution in [0.15, 0.2) is 174 Å². The van der Waals surface area contributed by atoms with Crippen molar-refractivity contribution in [3.8, 4) is 16.8 Å². The van der Waals surface area contributed by atoms with E-state index in [9.17, 15) is 0 Å². The lowest BCUT2D eigenvalue weighted by molar-refractivity contribution is 0.578. The predicted octanol–water partition coefficient (Wildman–Crippen LogP) is 15.5. The lowest BCUT2D eigenvalue weighted by atomic mass is 9.33. The molecule has 68 heavy (non-hydrogen) atoms. The van der Waals surface area contributed by atoms with E-state index in [1.54, 1.807) is 0 Å². The van der Waals surface area contributed by atoms with Gasteiger partial charge in [0.25, 0.3) is 6.71 Å². The number of fused-ring (bicyclic) bond motifs is 8. The van der Waals surface area contributed by atoms with E-state index in [4.69, 9.17) is 4.42 Å². The number of anilines is 6. The van der Waals surface area contributed by atoms with Gasteiger partial charge in [-0.15, -0.1) is 0 Å². The average molecular weight is 884 g/mol. The molecule has 0 fully saturated rings. The van der Waals surface area contributed by atoms with Gasteiger partial charge in [0, 0.05) is 56.2 Å². The van der Waals surface area contributed by atoms with E-state index in [-0.39, 0.29) is 23.0 Å². The molecular formula is C63H58BN3O. The van der Waals surface area contributed by atoms with Gasteiger partial charge in [-0.1, -0.05) is 165 Å². The molecule has 0 saturated carbocycles. The van der Waals surface area contributed by atoms with E-state index in [1.807, 2.05) is 0 Å². The Bertz CT molecular complexity index is 3590. The highest BCUT2D eigenvalue weighted by atomic mass is 16.3. The lowest BCUT2D eigenvalue weighted by Gasteiger charge is -2.45. The number of hydrogen-bond acceptors (Lipinski definition) is 3. The number of furan rings is 1. The van der Waals surface area contributed by atoms with Crippen LogP contribution in [-0.4, -0.2) is 11.3 Å². The van der Waals surface area contributed by atoms with Gasteiger partial charge < -0.3 is 18.8 Å². The molecular weight excluding hydrogens is 826 g/mol. The second-order valence-corrected chi connectivity index (χ2v) is 22.3. The van der Waals surface area contributed by atoms with E-state index in [0.29, 0.717) is 0 Å². The van der Waals surface area contributed by atoms with Crippen LogP contribution >= 0.6 is 0 Å². The molecule has 334 valence electrons. The monoisotopic (exact) mass is 883 g/mol. The Labute approximate surface area is 401 Å². The average Bonchev–Trinajstić information content (AvgIpc) is 3.86. The summed E-state index contributed by atoms with van der Waals surface area (Å²) in [5, 5.41) is 3.60. The van der Waals surface area contributed by atoms with Gasteiger partial charge in [0.1, 0.15) is 11.3 Å². The number of nitrogens with zero attached hydrogens (tertiary/aromatic N) is 3. The zero-order chi connectivity index (χ0) is 47.0. The fourth-order valence-electron chi connectivity index (χ4n) is 11.1. The Morgan fingerprint density at radius 3 is 1.60 bits per heavy atom. The summed E-state index contributed by atoms with van der Waals surface area (Å²) in [6.07, 6.45) is 0. The lowest BCUT2D eigenvalue weighted by Crippen LogP contribution is -2.61. The summed E-state index contributed by atoms with van der Waals surface area (Å²) in [6.45, 7) is 22.8. The fraction of sp³-hybridized carbons (Fsp3) is 0.206. The minimum absolute atomic E-state index is 0.0145. The first-order chi connectivity index (χ1) is 32.5. The Morgan fingerprint density at radius 2 is 0.971 bits per heavy atom. The topological polar surface area (TPSA) is 24.6 Å². The molecule has 2 aromatic heterocycles. The van der Waals surface area contributed by atoms with Gasteiger partial charge in [0.15, 0.2) is 0 Å². The number of hydrogen-bond donors (Lipinski definition) is 0. The number of benzene rings is 8. The maximum atomic E-state index is 6.57. The second kappa shape index (κ2) is 14.9. The van der Waals surface area contributed by atoms with Gasteiger partial charge in [-0.25, -0.2) is 0 Å². The molecule has 4 heterocycles. The number of rotatable bonds is 4. The molecule has 4 nitrogen and oxygen atoms in total. The van der Waals surface area contributed by atoms with Crippen molar-refractivity contribution in [3.05, 3.63) is 192 Å². The molecule has 0 bridgehead atoms. The van der Waals surface area contributed by atoms with Crippen LogP contribution in [-0.2, 0) is 16.2 Å². The van der Waals surface area contributed by atoms with Crippen LogP contribution in [0.1, 0.15) is 84.8 Å². The first-order valence-electron chi connectivity index (χ1n) is 24.3. The third kappa shape index (κ3) is 6.57. The Kier molecular flexibility index (Phi) is 9.22. The van der Waals surface area contributed by atoms with Crippen LogP contribution in [0.4, 0.5) is 34.1 Å². The summed E-state index contributed by atoms with van der Waals surface area (Å²) in [7, 11) is 0. The smallest absolute Gasteiger partial charge is 0.252 e. The van der Waals surface area contributed by atoms with Crippen molar-refractivity contribution in [1.29, 1.82) is 0 Å². The van der Waals surface area contributed by atoms with Crippen LogP contribution in [0.2, 0.25) is 0 Å². The first kappa shape index (κ1) is 42.1. The first-order valence-corrected chi connectivity index (χ1v) is 24.3. The zero-order valence-corrected chi connectivity index (χ0v) is 41.0. The van der Waals surface area contributed by atoms with E-state index in [2.05, 4.69) is 253 Å². The van der Waals surface area contributed by atoms with Gasteiger partial charge in [-0.2, -0.15) is 0 Å². The summed E-state index contributed by atoms with van der Waals surface area (Å²) >= 11 is 0. The largest absolute Gasteiger partial charge is 0.461 e. The summed E-state index contributed by atoms with van der Waals surface area (Å²) < 4.78 is 9.06. The summed E-state index contributed by atoms with van der Waals surface area (Å²) in [4.78, 5) is 5.14. The molecule has 2 aliphatic heterocycles. The van der Waals surface area contributed by atoms with Gasteiger partial charge in [0.2, 0.25) is 0 Å². The standard InChI is InChI=1S/C63H58BN3O/c1-39-32-41-33-50-56(38-59(41)68-39)67(54-30-26-43(62(5,6)7)34-49(54)40-18-12-11-13-19-40)58-37-46(66-52-22-16-14-20-47(52)48-21-15-17-23-53(48)66)36-57-60(58)64(50)51-35-44(63(8,9)10)27-31-55(51)65(57)45-28-24-42(25-29-45)61(2,3)4/h11-38H,1-10H3. The number of aromatic nitrogens is 1. The van der Waals surface area contributed by atoms with E-state index in [1.165, 1.54) is 77.4 Å². The van der Waals surface area contributed by atoms with Crippen molar-refractivity contribution in [2.24, 2.45) is 0 Å². The van der Waals surface area contributed by atoms with E-state index >= 15 is 0 Å². The van der Waals surface area contributed by atoms with Crippen LogP contribution in [0.25, 0.3) is 49.6 Å². The molecule has 0 unspecified atom stereocenters. The molecule has 2 aliphatic rings. The zero-order valence-electron chi connectivity index (χ0n) is 41.0. The minimum Gasteiger partial charge on any atom is -0.461 e. The quantitative estimate of drug-likeness (QED) is 0.165. The van der Waals surface area contributed by atoms with Crippen molar-refractivity contribution in [2.45, 2.75) is 85.5 Å². The molecule has 0 amide bonds. The fourth-order valence-corrected chi connectivity index (χ4v) is 11.1. The summed E-state index contributed by atoms with van der Waals surface area (Å²) in [6, 6.07) is 64.4. The number of aryl methyl sites for hydroxylation is 1. The SMILES string of the molecule is Cc1cc2cc3c(cc2o1)N(c1ccc(C(C)(C)C)cc1-c1ccccc1)c1cc(-n2c4ccccc4c4ccccc42)cc2c1B3c1cc(C(C)(C)C)ccc1N2c1ccc(C(C)(C)C)cc1. The highest BCUT2D eigenvalue weighted by Gasteiger charge is 2.45. The van der Waals surface area contributed by atoms with Crippen LogP contribution < -0.4 is 26.2 Å². The normalized spacial score (nSPS) is 13.6. The Hall–Kier alpha value is -7.24. The molecule has 0 aliphatic carbocycles. The minimum atomic E-state index is -0.0746. The highest BCUT2D eigenvalue weighted by molar-refractivity contribution is 7.00. The molecule has 0 spiro atoms. The van der Waals surface area contributed by atoms with Crippen LogP contribution in [0.5, 0.6) is 0 Å². The third-order valence-electron chi connectivity index (χ3n) is 14.7. The molecule has 0 N–H and O–H groups in total. The molecule has 12 rings (SSSR count). The second-order valence-electron chi connectivity index (χ2n) is 22.3. The van der Waals surface area contributed by atoms with E-state index < -0.39 is 0 Å². The Morgan fingerprint density at radius 1 is 0.426 bits per heavy atom. The molecule has 0 saturated heterocycles. The summed E-state index contributed by atoms with van der Waals surface area (Å²) in [5.74, 6) is 0.907. The third-order valence-corrected chi connectivity index (χ3v) is 14.7. The highest BCUT2D eigenvalue weighted by Crippen LogP contribution is 2.50. The van der Waals surface area contributed by atoms with Crippen LogP contribution in [0.3, 0.4) is 0 Å². The molecule has 0 radical (unpaired) electrons. The molecule has 8 aromatic carbocycles. The maximum absolute atomic E-state index is 6.57. The van der Waals surface area contributed by atoms with Gasteiger partial charge >= 0.3 is 0 Å². The van der Waals surface area contributed by atoms with Crippen molar-refractivity contribution in [2.75, 3.05) is 9.80 Å². The molecule has 10 aromatic rings. The van der Waals surface area contributed by atoms with Crippen molar-refractivity contribution < 1.29 is 4.42 Å². The van der Waals surface area contributed by atoms with Crippen LogP contribution in [0, 0.1) is 6.92 Å². The summed E-state index contributed by atoms with van der Waals surface area (Å²) in [5.41, 5.74) is 21.3. The van der Waals surface area contributed by atoms with Crippen molar-refractivity contribution >= 4 is 90.0 Å². The Balaban J connectivity index is 1.26. The van der Waals surface area contributed by atoms with E-state index in [0.717, 1.165) is 45.2 Å². The van der Waals surface area contributed by atoms with Gasteiger partial charge in [-0.3, -0.25) is 0 Å². The molecule has 5 heteroatoms. The van der Waals surface area contributed by atoms with Crippen molar-refractivity contribution in [3.63, 3.8) is 0 Å². The van der Waals surface area contributed by atoms with Gasteiger partial charge in [-0.05, 0) is 122 Å². The van der Waals surface area contributed by atoms with Crippen molar-refractivity contribution in [1.82, 2.24) is 4.57 Å². The number of para-hydroxylation sites is 2. The molecule has 0 atom stereocenters. The van der Waals surface area contributed by atoms with Gasteiger partial charge in [0.05, 0.1) is 22.4 Å².